The smallest absolute Gasteiger partial charge is 0.261 e. The van der Waals surface area contributed by atoms with Crippen molar-refractivity contribution in [2.75, 3.05) is 17.6 Å². The lowest BCUT2D eigenvalue weighted by atomic mass is 10.1. The van der Waals surface area contributed by atoms with E-state index in [0.29, 0.717) is 11.4 Å². The molecule has 2 atom stereocenters. The molecule has 0 aliphatic heterocycles. The van der Waals surface area contributed by atoms with Crippen LogP contribution in [0.2, 0.25) is 0 Å². The third kappa shape index (κ3) is 5.72. The number of aryl methyl sites for hydroxylation is 1. The first-order chi connectivity index (χ1) is 12.6. The topological polar surface area (TPSA) is 75.7 Å². The molecule has 0 fully saturated rings. The second-order valence-electron chi connectivity index (χ2n) is 6.63. The average Bonchev–Trinajstić information content (AvgIpc) is 2.61. The van der Waals surface area contributed by atoms with Crippen molar-refractivity contribution in [1.82, 2.24) is 5.32 Å². The Bertz CT molecular complexity index is 877. The highest BCUT2D eigenvalue weighted by Crippen LogP contribution is 2.21. The van der Waals surface area contributed by atoms with Crippen LogP contribution in [0.3, 0.4) is 0 Å². The molecule has 1 amide bonds. The van der Waals surface area contributed by atoms with Crippen LogP contribution in [0, 0.1) is 6.92 Å². The predicted molar refractivity (Wildman–Crippen MR) is 108 cm³/mol. The van der Waals surface area contributed by atoms with Crippen molar-refractivity contribution in [2.24, 2.45) is 0 Å². The number of benzene rings is 2. The molecule has 27 heavy (non-hydrogen) atoms. The van der Waals surface area contributed by atoms with Crippen LogP contribution in [0.15, 0.2) is 48.5 Å². The Labute approximate surface area is 161 Å². The Hall–Kier alpha value is -2.54. The summed E-state index contributed by atoms with van der Waals surface area (Å²) in [6, 6.07) is 14.4. The predicted octanol–water partition coefficient (Wildman–Crippen LogP) is 3.04. The van der Waals surface area contributed by atoms with E-state index < -0.39 is 16.1 Å². The molecule has 2 aromatic rings. The number of rotatable bonds is 7. The van der Waals surface area contributed by atoms with Crippen LogP contribution in [0.25, 0.3) is 0 Å². The highest BCUT2D eigenvalue weighted by atomic mass is 32.2. The molecule has 0 saturated carbocycles. The maximum atomic E-state index is 12.4. The van der Waals surface area contributed by atoms with Gasteiger partial charge in [0.1, 0.15) is 5.75 Å². The fourth-order valence-electron chi connectivity index (χ4n) is 2.45. The van der Waals surface area contributed by atoms with E-state index >= 15 is 0 Å². The zero-order valence-corrected chi connectivity index (χ0v) is 17.1. The molecule has 0 bridgehead atoms. The van der Waals surface area contributed by atoms with Gasteiger partial charge >= 0.3 is 0 Å². The van der Waals surface area contributed by atoms with Gasteiger partial charge in [-0.05, 0) is 50.6 Å². The summed E-state index contributed by atoms with van der Waals surface area (Å²) in [4.78, 5) is 12.4. The first kappa shape index (κ1) is 20.8. The van der Waals surface area contributed by atoms with Crippen LogP contribution in [0.5, 0.6) is 5.75 Å². The molecule has 6 nitrogen and oxygen atoms in total. The molecule has 0 aromatic heterocycles. The molecule has 1 N–H and O–H groups in total. The lowest BCUT2D eigenvalue weighted by Crippen LogP contribution is -2.37. The van der Waals surface area contributed by atoms with Gasteiger partial charge in [-0.2, -0.15) is 0 Å². The second kappa shape index (κ2) is 8.43. The van der Waals surface area contributed by atoms with Crippen molar-refractivity contribution in [1.29, 1.82) is 0 Å². The Kier molecular flexibility index (Phi) is 6.49. The van der Waals surface area contributed by atoms with Crippen LogP contribution >= 0.6 is 0 Å². The molecular formula is C20H26N2O4S. The molecular weight excluding hydrogens is 364 g/mol. The number of hydrogen-bond donors (Lipinski definition) is 1. The van der Waals surface area contributed by atoms with Crippen molar-refractivity contribution in [3.05, 3.63) is 59.7 Å². The maximum Gasteiger partial charge on any atom is 0.261 e. The monoisotopic (exact) mass is 390 g/mol. The van der Waals surface area contributed by atoms with E-state index in [1.807, 2.05) is 38.1 Å². The van der Waals surface area contributed by atoms with Crippen molar-refractivity contribution >= 4 is 21.6 Å². The molecule has 0 saturated heterocycles. The van der Waals surface area contributed by atoms with Gasteiger partial charge in [-0.25, -0.2) is 8.42 Å². The first-order valence-electron chi connectivity index (χ1n) is 8.65. The summed E-state index contributed by atoms with van der Waals surface area (Å²) in [5.41, 5.74) is 2.71. The lowest BCUT2D eigenvalue weighted by molar-refractivity contribution is -0.127. The van der Waals surface area contributed by atoms with E-state index in [1.165, 1.54) is 16.9 Å². The van der Waals surface area contributed by atoms with Crippen LogP contribution in [-0.4, -0.2) is 33.7 Å². The molecule has 0 spiro atoms. The summed E-state index contributed by atoms with van der Waals surface area (Å²) < 4.78 is 30.0. The van der Waals surface area contributed by atoms with Gasteiger partial charge in [-0.1, -0.05) is 29.8 Å². The summed E-state index contributed by atoms with van der Waals surface area (Å²) in [6.45, 7) is 5.61. The van der Waals surface area contributed by atoms with Gasteiger partial charge in [0, 0.05) is 7.05 Å². The largest absolute Gasteiger partial charge is 0.481 e. The molecule has 0 radical (unpaired) electrons. The number of nitrogens with one attached hydrogen (secondary N) is 1. The van der Waals surface area contributed by atoms with Gasteiger partial charge in [0.05, 0.1) is 18.0 Å². The molecule has 7 heteroatoms. The number of anilines is 1. The molecule has 0 aliphatic rings. The van der Waals surface area contributed by atoms with Gasteiger partial charge in [0.15, 0.2) is 6.10 Å². The number of sulfonamides is 1. The fourth-order valence-corrected chi connectivity index (χ4v) is 2.96. The van der Waals surface area contributed by atoms with Gasteiger partial charge in [-0.15, -0.1) is 0 Å². The van der Waals surface area contributed by atoms with E-state index in [2.05, 4.69) is 5.32 Å². The van der Waals surface area contributed by atoms with E-state index in [9.17, 15) is 13.2 Å². The van der Waals surface area contributed by atoms with Crippen molar-refractivity contribution < 1.29 is 17.9 Å². The summed E-state index contributed by atoms with van der Waals surface area (Å²) in [7, 11) is -1.84. The zero-order chi connectivity index (χ0) is 20.2. The molecule has 2 aromatic carbocycles. The lowest BCUT2D eigenvalue weighted by Gasteiger charge is -2.20. The zero-order valence-electron chi connectivity index (χ0n) is 16.3. The SMILES string of the molecule is Cc1ccc([C@@H](C)NC(=O)[C@@H](C)Oc2ccc(N(C)S(C)(=O)=O)cc2)cc1. The third-order valence-corrected chi connectivity index (χ3v) is 5.52. The molecule has 2 rings (SSSR count). The maximum absolute atomic E-state index is 12.4. The Morgan fingerprint density at radius 1 is 1.04 bits per heavy atom. The summed E-state index contributed by atoms with van der Waals surface area (Å²) in [5.74, 6) is 0.270. The minimum Gasteiger partial charge on any atom is -0.481 e. The highest BCUT2D eigenvalue weighted by molar-refractivity contribution is 7.92. The third-order valence-electron chi connectivity index (χ3n) is 4.32. The Morgan fingerprint density at radius 2 is 1.59 bits per heavy atom. The molecule has 0 heterocycles. The normalized spacial score (nSPS) is 13.5. The number of hydrogen-bond acceptors (Lipinski definition) is 4. The average molecular weight is 391 g/mol. The van der Waals surface area contributed by atoms with Crippen LogP contribution in [-0.2, 0) is 14.8 Å². The van der Waals surface area contributed by atoms with Crippen molar-refractivity contribution in [2.45, 2.75) is 32.9 Å². The minimum atomic E-state index is -3.32. The molecule has 0 aliphatic carbocycles. The van der Waals surface area contributed by atoms with Crippen LogP contribution < -0.4 is 14.4 Å². The first-order valence-corrected chi connectivity index (χ1v) is 10.5. The summed E-state index contributed by atoms with van der Waals surface area (Å²) >= 11 is 0. The van der Waals surface area contributed by atoms with E-state index in [-0.39, 0.29) is 11.9 Å². The quantitative estimate of drug-likeness (QED) is 0.788. The fraction of sp³-hybridized carbons (Fsp3) is 0.350. The minimum absolute atomic E-state index is 0.130. The van der Waals surface area contributed by atoms with Crippen LogP contribution in [0.1, 0.15) is 31.0 Å². The number of amides is 1. The van der Waals surface area contributed by atoms with Gasteiger partial charge < -0.3 is 10.1 Å². The standard InChI is InChI=1S/C20H26N2O4S/c1-14-6-8-17(9-7-14)15(2)21-20(23)16(3)26-19-12-10-18(11-13-19)22(4)27(5,24)25/h6-13,15-16H,1-5H3,(H,21,23)/t15-,16-/m1/s1. The van der Waals surface area contributed by atoms with Gasteiger partial charge in [0.25, 0.3) is 5.91 Å². The van der Waals surface area contributed by atoms with Crippen LogP contribution in [0.4, 0.5) is 5.69 Å². The second-order valence-corrected chi connectivity index (χ2v) is 8.64. The Balaban J connectivity index is 1.96. The van der Waals surface area contributed by atoms with Gasteiger partial charge in [-0.3, -0.25) is 9.10 Å². The van der Waals surface area contributed by atoms with Crippen molar-refractivity contribution in [3.63, 3.8) is 0 Å². The number of nitrogens with zero attached hydrogens (tertiary/aromatic N) is 1. The molecule has 146 valence electrons. The molecule has 0 unspecified atom stereocenters. The summed E-state index contributed by atoms with van der Waals surface area (Å²) in [6.07, 6.45) is 0.454. The Morgan fingerprint density at radius 3 is 2.11 bits per heavy atom. The van der Waals surface area contributed by atoms with E-state index in [1.54, 1.807) is 31.2 Å². The number of carbonyl (C=O) groups is 1. The van der Waals surface area contributed by atoms with Gasteiger partial charge in [0.2, 0.25) is 10.0 Å². The number of ether oxygens (including phenoxy) is 1. The number of carbonyl (C=O) groups excluding carboxylic acids is 1. The summed E-state index contributed by atoms with van der Waals surface area (Å²) in [5, 5.41) is 2.93. The highest BCUT2D eigenvalue weighted by Gasteiger charge is 2.18. The van der Waals surface area contributed by atoms with E-state index in [0.717, 1.165) is 11.8 Å². The van der Waals surface area contributed by atoms with Crippen molar-refractivity contribution in [3.8, 4) is 5.75 Å². The van der Waals surface area contributed by atoms with E-state index in [4.69, 9.17) is 4.74 Å².